The highest BCUT2D eigenvalue weighted by Gasteiger charge is 2.33. The van der Waals surface area contributed by atoms with Crippen molar-refractivity contribution < 1.29 is 23.1 Å². The topological polar surface area (TPSA) is 49.3 Å². The lowest BCUT2D eigenvalue weighted by Gasteiger charge is -2.16. The molecule has 1 fully saturated rings. The molecule has 0 saturated carbocycles. The molecule has 2 unspecified atom stereocenters. The van der Waals surface area contributed by atoms with Gasteiger partial charge in [-0.25, -0.2) is 13.2 Å². The van der Waals surface area contributed by atoms with Gasteiger partial charge in [0, 0.05) is 30.6 Å². The van der Waals surface area contributed by atoms with Crippen molar-refractivity contribution in [2.24, 2.45) is 5.92 Å². The summed E-state index contributed by atoms with van der Waals surface area (Å²) in [5.74, 6) is -5.23. The van der Waals surface area contributed by atoms with Crippen LogP contribution in [0.2, 0.25) is 0 Å². The lowest BCUT2D eigenvalue weighted by atomic mass is 9.97. The summed E-state index contributed by atoms with van der Waals surface area (Å²) < 4.78 is 40.1. The fourth-order valence-corrected chi connectivity index (χ4v) is 2.24. The number of nitrogens with one attached hydrogen (secondary N) is 1. The minimum atomic E-state index is -3.05. The standard InChI is InChI=1S/C13H14F3NO2/c1-13(15,16)8-2-3-10(14)9(5-8)11-4-7(6-17-11)12(18)19/h2-3,5,7,11,17H,4,6H2,1H3,(H,18,19). The van der Waals surface area contributed by atoms with E-state index in [4.69, 9.17) is 5.11 Å². The minimum absolute atomic E-state index is 0.0998. The van der Waals surface area contributed by atoms with E-state index in [0.717, 1.165) is 25.1 Å². The third-order valence-corrected chi connectivity index (χ3v) is 3.36. The molecule has 2 N–H and O–H groups in total. The quantitative estimate of drug-likeness (QED) is 0.890. The van der Waals surface area contributed by atoms with Crippen molar-refractivity contribution in [2.45, 2.75) is 25.3 Å². The maximum Gasteiger partial charge on any atom is 0.307 e. The molecule has 0 bridgehead atoms. The molecule has 0 aliphatic carbocycles. The average molecular weight is 273 g/mol. The molecule has 1 aliphatic rings. The number of rotatable bonds is 3. The van der Waals surface area contributed by atoms with Crippen LogP contribution in [0.1, 0.15) is 30.5 Å². The minimum Gasteiger partial charge on any atom is -0.481 e. The first kappa shape index (κ1) is 13.9. The van der Waals surface area contributed by atoms with E-state index < -0.39 is 29.7 Å². The van der Waals surface area contributed by atoms with Crippen LogP contribution in [0.25, 0.3) is 0 Å². The molecule has 6 heteroatoms. The van der Waals surface area contributed by atoms with E-state index in [0.29, 0.717) is 0 Å². The van der Waals surface area contributed by atoms with Gasteiger partial charge in [0.05, 0.1) is 5.92 Å². The Labute approximate surface area is 108 Å². The van der Waals surface area contributed by atoms with Gasteiger partial charge in [-0.3, -0.25) is 4.79 Å². The Morgan fingerprint density at radius 1 is 1.47 bits per heavy atom. The van der Waals surface area contributed by atoms with Crippen LogP contribution in [-0.4, -0.2) is 17.6 Å². The molecule has 2 atom stereocenters. The van der Waals surface area contributed by atoms with E-state index >= 15 is 0 Å². The molecule has 1 aromatic rings. The van der Waals surface area contributed by atoms with Crippen LogP contribution in [0, 0.1) is 11.7 Å². The molecule has 19 heavy (non-hydrogen) atoms. The molecule has 1 saturated heterocycles. The van der Waals surface area contributed by atoms with Crippen molar-refractivity contribution in [3.05, 3.63) is 35.1 Å². The van der Waals surface area contributed by atoms with Crippen molar-refractivity contribution in [3.8, 4) is 0 Å². The first-order valence-corrected chi connectivity index (χ1v) is 5.93. The van der Waals surface area contributed by atoms with Crippen LogP contribution in [0.15, 0.2) is 18.2 Å². The fourth-order valence-electron chi connectivity index (χ4n) is 2.24. The Morgan fingerprint density at radius 2 is 2.16 bits per heavy atom. The van der Waals surface area contributed by atoms with Crippen molar-refractivity contribution in [1.29, 1.82) is 0 Å². The number of carboxylic acids is 1. The first-order valence-electron chi connectivity index (χ1n) is 5.93. The summed E-state index contributed by atoms with van der Waals surface area (Å²) in [6.45, 7) is 0.957. The van der Waals surface area contributed by atoms with Gasteiger partial charge in [0.25, 0.3) is 5.92 Å². The number of hydrogen-bond donors (Lipinski definition) is 2. The van der Waals surface area contributed by atoms with E-state index in [-0.39, 0.29) is 24.1 Å². The first-order chi connectivity index (χ1) is 8.79. The summed E-state index contributed by atoms with van der Waals surface area (Å²) >= 11 is 0. The summed E-state index contributed by atoms with van der Waals surface area (Å²) in [5.41, 5.74) is -0.174. The molecule has 1 aromatic carbocycles. The molecule has 0 radical (unpaired) electrons. The Hall–Kier alpha value is -1.56. The average Bonchev–Trinajstić information content (AvgIpc) is 2.77. The van der Waals surface area contributed by atoms with Crippen LogP contribution in [-0.2, 0) is 10.7 Å². The highest BCUT2D eigenvalue weighted by Crippen LogP contribution is 2.33. The molecule has 0 spiro atoms. The summed E-state index contributed by atoms with van der Waals surface area (Å²) in [5, 5.41) is 11.7. The molecule has 1 aliphatic heterocycles. The van der Waals surface area contributed by atoms with Gasteiger partial charge in [-0.1, -0.05) is 6.07 Å². The highest BCUT2D eigenvalue weighted by atomic mass is 19.3. The molecule has 1 heterocycles. The molecular weight excluding hydrogens is 259 g/mol. The zero-order valence-corrected chi connectivity index (χ0v) is 10.3. The molecule has 3 nitrogen and oxygen atoms in total. The largest absolute Gasteiger partial charge is 0.481 e. The number of alkyl halides is 2. The van der Waals surface area contributed by atoms with Crippen LogP contribution in [0.3, 0.4) is 0 Å². The van der Waals surface area contributed by atoms with E-state index in [1.165, 1.54) is 0 Å². The van der Waals surface area contributed by atoms with Gasteiger partial charge < -0.3 is 10.4 Å². The summed E-state index contributed by atoms with van der Waals surface area (Å²) in [4.78, 5) is 10.8. The SMILES string of the molecule is CC(F)(F)c1ccc(F)c(C2CC(C(=O)O)CN2)c1. The van der Waals surface area contributed by atoms with Gasteiger partial charge in [0.1, 0.15) is 5.82 Å². The summed E-state index contributed by atoms with van der Waals surface area (Å²) in [7, 11) is 0. The molecule has 0 aromatic heterocycles. The van der Waals surface area contributed by atoms with Gasteiger partial charge in [0.15, 0.2) is 0 Å². The summed E-state index contributed by atoms with van der Waals surface area (Å²) in [6.07, 6.45) is 0.199. The van der Waals surface area contributed by atoms with Crippen molar-refractivity contribution in [1.82, 2.24) is 5.32 Å². The van der Waals surface area contributed by atoms with Crippen LogP contribution < -0.4 is 5.32 Å². The zero-order chi connectivity index (χ0) is 14.2. The lowest BCUT2D eigenvalue weighted by Crippen LogP contribution is -2.18. The zero-order valence-electron chi connectivity index (χ0n) is 10.3. The highest BCUT2D eigenvalue weighted by molar-refractivity contribution is 5.70. The fraction of sp³-hybridized carbons (Fsp3) is 0.462. The Morgan fingerprint density at radius 3 is 2.68 bits per heavy atom. The van der Waals surface area contributed by atoms with Crippen LogP contribution in [0.4, 0.5) is 13.2 Å². The maximum absolute atomic E-state index is 13.7. The van der Waals surface area contributed by atoms with Crippen LogP contribution >= 0.6 is 0 Å². The molecule has 2 rings (SSSR count). The van der Waals surface area contributed by atoms with Gasteiger partial charge in [0.2, 0.25) is 0 Å². The lowest BCUT2D eigenvalue weighted by molar-refractivity contribution is -0.141. The van der Waals surface area contributed by atoms with Crippen molar-refractivity contribution in [2.75, 3.05) is 6.54 Å². The predicted molar refractivity (Wildman–Crippen MR) is 62.5 cm³/mol. The van der Waals surface area contributed by atoms with Gasteiger partial charge in [-0.15, -0.1) is 0 Å². The number of halogens is 3. The number of aliphatic carboxylic acids is 1. The van der Waals surface area contributed by atoms with E-state index in [1.807, 2.05) is 0 Å². The van der Waals surface area contributed by atoms with E-state index in [1.54, 1.807) is 0 Å². The molecule has 104 valence electrons. The van der Waals surface area contributed by atoms with Crippen LogP contribution in [0.5, 0.6) is 0 Å². The molecule has 0 amide bonds. The maximum atomic E-state index is 13.7. The smallest absolute Gasteiger partial charge is 0.307 e. The second kappa shape index (κ2) is 4.85. The second-order valence-electron chi connectivity index (χ2n) is 4.86. The van der Waals surface area contributed by atoms with Crippen molar-refractivity contribution in [3.63, 3.8) is 0 Å². The number of hydrogen-bond acceptors (Lipinski definition) is 2. The normalized spacial score (nSPS) is 23.6. The third-order valence-electron chi connectivity index (χ3n) is 3.36. The number of benzene rings is 1. The monoisotopic (exact) mass is 273 g/mol. The Balaban J connectivity index is 2.28. The Kier molecular flexibility index (Phi) is 3.54. The van der Waals surface area contributed by atoms with Gasteiger partial charge in [-0.2, -0.15) is 0 Å². The van der Waals surface area contributed by atoms with E-state index in [2.05, 4.69) is 5.32 Å². The third kappa shape index (κ3) is 2.89. The van der Waals surface area contributed by atoms with E-state index in [9.17, 15) is 18.0 Å². The number of carbonyl (C=O) groups is 1. The van der Waals surface area contributed by atoms with Gasteiger partial charge in [-0.05, 0) is 18.6 Å². The predicted octanol–water partition coefficient (Wildman–Crippen LogP) is 2.67. The Bertz CT molecular complexity index is 499. The molecular formula is C13H14F3NO2. The second-order valence-corrected chi connectivity index (χ2v) is 4.86. The van der Waals surface area contributed by atoms with Crippen molar-refractivity contribution >= 4 is 5.97 Å². The van der Waals surface area contributed by atoms with Gasteiger partial charge >= 0.3 is 5.97 Å². The number of carboxylic acid groups (broad SMARTS) is 1. The summed E-state index contributed by atoms with van der Waals surface area (Å²) in [6, 6.07) is 2.61.